The molecule has 3 heterocycles. The number of rotatable bonds is 3. The third-order valence-electron chi connectivity index (χ3n) is 6.20. The first-order valence-corrected chi connectivity index (χ1v) is 11.8. The summed E-state index contributed by atoms with van der Waals surface area (Å²) >= 11 is 7.93. The Bertz CT molecular complexity index is 935. The fourth-order valence-electron chi connectivity index (χ4n) is 4.63. The summed E-state index contributed by atoms with van der Waals surface area (Å²) in [5.74, 6) is 0.174. The van der Waals surface area contributed by atoms with E-state index in [-0.39, 0.29) is 5.91 Å². The fraction of sp³-hybridized carbons (Fsp3) is 0.545. The van der Waals surface area contributed by atoms with Crippen molar-refractivity contribution >= 4 is 40.2 Å². The molecular weight excluding hydrogens is 408 g/mol. The van der Waals surface area contributed by atoms with Crippen molar-refractivity contribution < 1.29 is 14.3 Å². The molecule has 1 aliphatic carbocycles. The highest BCUT2D eigenvalue weighted by atomic mass is 35.5. The van der Waals surface area contributed by atoms with Crippen LogP contribution in [-0.2, 0) is 27.1 Å². The minimum Gasteiger partial charge on any atom is -0.347 e. The van der Waals surface area contributed by atoms with E-state index < -0.39 is 5.79 Å². The number of piperidine rings is 1. The van der Waals surface area contributed by atoms with Crippen molar-refractivity contribution in [2.45, 2.75) is 49.2 Å². The van der Waals surface area contributed by atoms with Crippen LogP contribution in [0.4, 0.5) is 0 Å². The zero-order chi connectivity index (χ0) is 19.8. The molecule has 1 amide bonds. The summed E-state index contributed by atoms with van der Waals surface area (Å²) < 4.78 is 11.6. The number of thioether (sulfide) groups is 1. The maximum Gasteiger partial charge on any atom is 0.232 e. The van der Waals surface area contributed by atoms with E-state index in [4.69, 9.17) is 26.1 Å². The number of likely N-dealkylation sites (tertiary alicyclic amines) is 1. The summed E-state index contributed by atoms with van der Waals surface area (Å²) in [6.07, 6.45) is 5.92. The lowest BCUT2D eigenvalue weighted by molar-refractivity contribution is -0.186. The van der Waals surface area contributed by atoms with Crippen LogP contribution in [0.3, 0.4) is 0 Å². The van der Waals surface area contributed by atoms with Crippen molar-refractivity contribution in [2.24, 2.45) is 0 Å². The minimum atomic E-state index is -0.443. The number of aryl methyl sites for hydroxylation is 1. The first-order valence-electron chi connectivity index (χ1n) is 10.4. The van der Waals surface area contributed by atoms with E-state index >= 15 is 0 Å². The number of amides is 1. The van der Waals surface area contributed by atoms with Gasteiger partial charge in [0.25, 0.3) is 0 Å². The van der Waals surface area contributed by atoms with Crippen LogP contribution in [0.1, 0.15) is 36.9 Å². The number of fused-ring (bicyclic) bond motifs is 2. The van der Waals surface area contributed by atoms with Gasteiger partial charge in [-0.1, -0.05) is 11.6 Å². The molecule has 1 aromatic carbocycles. The van der Waals surface area contributed by atoms with Crippen LogP contribution in [-0.4, -0.2) is 53.6 Å². The van der Waals surface area contributed by atoms with Gasteiger partial charge in [0.15, 0.2) is 5.79 Å². The maximum atomic E-state index is 12.9. The second-order valence-corrected chi connectivity index (χ2v) is 9.43. The Kier molecular flexibility index (Phi) is 5.45. The molecule has 29 heavy (non-hydrogen) atoms. The van der Waals surface area contributed by atoms with Gasteiger partial charge in [0.1, 0.15) is 0 Å². The molecule has 0 unspecified atom stereocenters. The summed E-state index contributed by atoms with van der Waals surface area (Å²) in [6.45, 7) is 2.71. The molecule has 5 rings (SSSR count). The van der Waals surface area contributed by atoms with Crippen LogP contribution in [0.25, 0.3) is 10.9 Å². The van der Waals surface area contributed by atoms with Gasteiger partial charge in [0.05, 0.1) is 24.5 Å². The van der Waals surface area contributed by atoms with Crippen molar-refractivity contribution in [3.05, 3.63) is 34.5 Å². The van der Waals surface area contributed by atoms with Crippen molar-refractivity contribution in [3.8, 4) is 0 Å². The van der Waals surface area contributed by atoms with Gasteiger partial charge in [-0.15, -0.1) is 11.8 Å². The topological polar surface area (TPSA) is 51.7 Å². The molecule has 0 N–H and O–H groups in total. The predicted molar refractivity (Wildman–Crippen MR) is 115 cm³/mol. The molecule has 0 radical (unpaired) electrons. The number of halogens is 1. The number of pyridine rings is 1. The van der Waals surface area contributed by atoms with Crippen molar-refractivity contribution in [3.63, 3.8) is 0 Å². The van der Waals surface area contributed by atoms with Gasteiger partial charge >= 0.3 is 0 Å². The van der Waals surface area contributed by atoms with Crippen molar-refractivity contribution in [1.29, 1.82) is 0 Å². The van der Waals surface area contributed by atoms with E-state index in [2.05, 4.69) is 0 Å². The van der Waals surface area contributed by atoms with Gasteiger partial charge in [-0.3, -0.25) is 9.78 Å². The predicted octanol–water partition coefficient (Wildman–Crippen LogP) is 4.22. The SMILES string of the molecule is O=C(CSc1c2c(nc3ccc(Cl)cc13)CCCC2)N1CCC2(CC1)OCCO2. The largest absolute Gasteiger partial charge is 0.347 e. The summed E-state index contributed by atoms with van der Waals surface area (Å²) in [7, 11) is 0. The molecule has 3 aliphatic rings. The Morgan fingerprint density at radius 2 is 1.93 bits per heavy atom. The van der Waals surface area contributed by atoms with Crippen LogP contribution in [0, 0.1) is 0 Å². The average molecular weight is 433 g/mol. The molecule has 0 atom stereocenters. The molecule has 1 aromatic heterocycles. The highest BCUT2D eigenvalue weighted by molar-refractivity contribution is 8.00. The van der Waals surface area contributed by atoms with E-state index in [0.717, 1.165) is 36.6 Å². The lowest BCUT2D eigenvalue weighted by Gasteiger charge is -2.37. The minimum absolute atomic E-state index is 0.180. The van der Waals surface area contributed by atoms with Gasteiger partial charge < -0.3 is 14.4 Å². The standard InChI is InChI=1S/C22H25ClN2O3S/c23-15-5-6-19-17(13-15)21(16-3-1-2-4-18(16)24-19)29-14-20(26)25-9-7-22(8-10-25)27-11-12-28-22/h5-6,13H,1-4,7-12,14H2. The molecule has 5 nitrogen and oxygen atoms in total. The first kappa shape index (κ1) is 19.6. The van der Waals surface area contributed by atoms with E-state index in [9.17, 15) is 4.79 Å². The first-order chi connectivity index (χ1) is 14.1. The van der Waals surface area contributed by atoms with E-state index in [1.54, 1.807) is 11.8 Å². The monoisotopic (exact) mass is 432 g/mol. The Morgan fingerprint density at radius 1 is 1.17 bits per heavy atom. The Morgan fingerprint density at radius 3 is 2.72 bits per heavy atom. The Labute approximate surface area is 180 Å². The molecule has 0 saturated carbocycles. The number of hydrogen-bond acceptors (Lipinski definition) is 5. The summed E-state index contributed by atoms with van der Waals surface area (Å²) in [5.41, 5.74) is 3.48. The van der Waals surface area contributed by atoms with Gasteiger partial charge in [-0.25, -0.2) is 0 Å². The summed E-state index contributed by atoms with van der Waals surface area (Å²) in [4.78, 5) is 20.9. The molecule has 0 bridgehead atoms. The third kappa shape index (κ3) is 3.88. The number of benzene rings is 1. The molecule has 2 fully saturated rings. The van der Waals surface area contributed by atoms with Crippen LogP contribution in [0.5, 0.6) is 0 Å². The van der Waals surface area contributed by atoms with Crippen LogP contribution in [0.15, 0.2) is 23.1 Å². The van der Waals surface area contributed by atoms with Crippen molar-refractivity contribution in [2.75, 3.05) is 32.1 Å². The maximum absolute atomic E-state index is 12.9. The molecule has 2 saturated heterocycles. The quantitative estimate of drug-likeness (QED) is 0.679. The van der Waals surface area contributed by atoms with Crippen LogP contribution in [0.2, 0.25) is 5.02 Å². The van der Waals surface area contributed by atoms with Crippen molar-refractivity contribution in [1.82, 2.24) is 9.88 Å². The molecule has 7 heteroatoms. The normalized spacial score (nSPS) is 20.9. The lowest BCUT2D eigenvalue weighted by Crippen LogP contribution is -2.47. The number of carbonyl (C=O) groups excluding carboxylic acids is 1. The lowest BCUT2D eigenvalue weighted by atomic mass is 9.94. The number of carbonyl (C=O) groups is 1. The molecular formula is C22H25ClN2O3S. The van der Waals surface area contributed by atoms with E-state index in [0.29, 0.717) is 37.1 Å². The second kappa shape index (κ2) is 8.06. The molecule has 154 valence electrons. The highest BCUT2D eigenvalue weighted by Gasteiger charge is 2.40. The summed E-state index contributed by atoms with van der Waals surface area (Å²) in [5, 5.41) is 1.78. The second-order valence-electron chi connectivity index (χ2n) is 8.01. The number of aromatic nitrogens is 1. The molecule has 2 aromatic rings. The summed E-state index contributed by atoms with van der Waals surface area (Å²) in [6, 6.07) is 5.87. The number of hydrogen-bond donors (Lipinski definition) is 0. The fourth-order valence-corrected chi connectivity index (χ4v) is 5.96. The third-order valence-corrected chi connectivity index (χ3v) is 7.58. The van der Waals surface area contributed by atoms with Crippen LogP contribution < -0.4 is 0 Å². The zero-order valence-electron chi connectivity index (χ0n) is 16.4. The smallest absolute Gasteiger partial charge is 0.232 e. The number of nitrogens with zero attached hydrogens (tertiary/aromatic N) is 2. The highest BCUT2D eigenvalue weighted by Crippen LogP contribution is 2.37. The van der Waals surface area contributed by atoms with E-state index in [1.165, 1.54) is 29.0 Å². The van der Waals surface area contributed by atoms with Gasteiger partial charge in [-0.05, 0) is 49.4 Å². The Hall–Kier alpha value is -1.34. The van der Waals surface area contributed by atoms with Gasteiger partial charge in [-0.2, -0.15) is 0 Å². The van der Waals surface area contributed by atoms with Crippen LogP contribution >= 0.6 is 23.4 Å². The van der Waals surface area contributed by atoms with E-state index in [1.807, 2.05) is 23.1 Å². The van der Waals surface area contributed by atoms with Gasteiger partial charge in [0.2, 0.25) is 5.91 Å². The average Bonchev–Trinajstić information content (AvgIpc) is 3.19. The Balaban J connectivity index is 1.34. The molecule has 1 spiro atoms. The zero-order valence-corrected chi connectivity index (χ0v) is 18.0. The number of ether oxygens (including phenoxy) is 2. The van der Waals surface area contributed by atoms with Gasteiger partial charge in [0, 0.05) is 46.9 Å². The molecule has 2 aliphatic heterocycles.